The number of rotatable bonds is 4. The van der Waals surface area contributed by atoms with Gasteiger partial charge in [0.2, 0.25) is 0 Å². The quantitative estimate of drug-likeness (QED) is 0.685. The molecule has 15 heavy (non-hydrogen) atoms. The summed E-state index contributed by atoms with van der Waals surface area (Å²) in [6.45, 7) is 0.176. The van der Waals surface area contributed by atoms with Crippen molar-refractivity contribution in [1.82, 2.24) is 4.98 Å². The molecule has 0 amide bonds. The van der Waals surface area contributed by atoms with Gasteiger partial charge in [0.25, 0.3) is 0 Å². The maximum Gasteiger partial charge on any atom is 0.325 e. The largest absolute Gasteiger partial charge is 0.495 e. The number of pyridine rings is 1. The molecule has 0 spiro atoms. The summed E-state index contributed by atoms with van der Waals surface area (Å²) in [5.74, 6) is 1.08. The number of hydrogen-bond donors (Lipinski definition) is 0. The number of methoxy groups -OCH3 is 2. The molecule has 0 aliphatic heterocycles. The van der Waals surface area contributed by atoms with Crippen molar-refractivity contribution in [3.8, 4) is 5.75 Å². The van der Waals surface area contributed by atoms with E-state index in [0.29, 0.717) is 11.6 Å². The molecule has 0 unspecified atom stereocenters. The van der Waals surface area contributed by atoms with Gasteiger partial charge in [-0.15, -0.1) is 0 Å². The maximum atomic E-state index is 11.0. The molecular formula is C10H14N2O3. The molecule has 1 heterocycles. The number of carbonyl (C=O) groups excluding carboxylic acids is 1. The molecule has 0 N–H and O–H groups in total. The van der Waals surface area contributed by atoms with Crippen LogP contribution in [0.2, 0.25) is 0 Å². The summed E-state index contributed by atoms with van der Waals surface area (Å²) in [7, 11) is 4.71. The molecule has 0 aromatic carbocycles. The molecule has 0 bridgehead atoms. The van der Waals surface area contributed by atoms with Crippen LogP contribution in [0.15, 0.2) is 18.3 Å². The summed E-state index contributed by atoms with van der Waals surface area (Å²) < 4.78 is 9.53. The number of ether oxygens (including phenoxy) is 2. The first-order valence-corrected chi connectivity index (χ1v) is 4.45. The second kappa shape index (κ2) is 5.19. The summed E-state index contributed by atoms with van der Waals surface area (Å²) in [4.78, 5) is 16.8. The van der Waals surface area contributed by atoms with Crippen LogP contribution in [-0.4, -0.2) is 38.8 Å². The van der Waals surface area contributed by atoms with Gasteiger partial charge in [0.1, 0.15) is 18.1 Å². The van der Waals surface area contributed by atoms with E-state index in [0.717, 1.165) is 0 Å². The molecule has 1 aromatic heterocycles. The number of aromatic nitrogens is 1. The van der Waals surface area contributed by atoms with Crippen LogP contribution in [0.1, 0.15) is 0 Å². The van der Waals surface area contributed by atoms with Gasteiger partial charge < -0.3 is 14.4 Å². The Kier molecular flexibility index (Phi) is 3.91. The number of anilines is 1. The van der Waals surface area contributed by atoms with E-state index < -0.39 is 0 Å². The van der Waals surface area contributed by atoms with Crippen LogP contribution in [0, 0.1) is 0 Å². The van der Waals surface area contributed by atoms with E-state index in [1.54, 1.807) is 37.4 Å². The Bertz CT molecular complexity index is 324. The SMILES string of the molecule is COC(=O)CN(C)c1ccc(OC)cn1. The number of carbonyl (C=O) groups is 1. The van der Waals surface area contributed by atoms with Crippen molar-refractivity contribution < 1.29 is 14.3 Å². The molecule has 82 valence electrons. The highest BCUT2D eigenvalue weighted by Crippen LogP contribution is 2.13. The number of hydrogen-bond acceptors (Lipinski definition) is 5. The van der Waals surface area contributed by atoms with Crippen molar-refractivity contribution in [1.29, 1.82) is 0 Å². The minimum atomic E-state index is -0.296. The lowest BCUT2D eigenvalue weighted by Gasteiger charge is -2.16. The lowest BCUT2D eigenvalue weighted by atomic mass is 10.4. The first-order valence-electron chi connectivity index (χ1n) is 4.45. The minimum Gasteiger partial charge on any atom is -0.495 e. The molecule has 0 fully saturated rings. The normalized spacial score (nSPS) is 9.53. The molecule has 0 aliphatic rings. The lowest BCUT2D eigenvalue weighted by molar-refractivity contribution is -0.138. The number of nitrogens with zero attached hydrogens (tertiary/aromatic N) is 2. The van der Waals surface area contributed by atoms with Crippen molar-refractivity contribution in [3.63, 3.8) is 0 Å². The first kappa shape index (κ1) is 11.3. The third-order valence-corrected chi connectivity index (χ3v) is 1.94. The highest BCUT2D eigenvalue weighted by Gasteiger charge is 2.07. The summed E-state index contributed by atoms with van der Waals surface area (Å²) in [6, 6.07) is 3.57. The molecule has 1 aromatic rings. The molecule has 0 radical (unpaired) electrons. The topological polar surface area (TPSA) is 51.7 Å². The molecule has 5 nitrogen and oxygen atoms in total. The summed E-state index contributed by atoms with van der Waals surface area (Å²) in [5.41, 5.74) is 0. The van der Waals surface area contributed by atoms with Gasteiger partial charge in [-0.05, 0) is 12.1 Å². The van der Waals surface area contributed by atoms with Gasteiger partial charge in [0, 0.05) is 7.05 Å². The van der Waals surface area contributed by atoms with Crippen LogP contribution in [0.4, 0.5) is 5.82 Å². The Morgan fingerprint density at radius 3 is 2.67 bits per heavy atom. The Balaban J connectivity index is 2.65. The van der Waals surface area contributed by atoms with Crippen molar-refractivity contribution in [2.24, 2.45) is 0 Å². The molecule has 0 saturated heterocycles. The van der Waals surface area contributed by atoms with Crippen LogP contribution in [0.3, 0.4) is 0 Å². The fraction of sp³-hybridized carbons (Fsp3) is 0.400. The van der Waals surface area contributed by atoms with Crippen molar-refractivity contribution >= 4 is 11.8 Å². The zero-order valence-corrected chi connectivity index (χ0v) is 9.06. The van der Waals surface area contributed by atoms with E-state index in [2.05, 4.69) is 9.72 Å². The smallest absolute Gasteiger partial charge is 0.325 e. The van der Waals surface area contributed by atoms with E-state index in [1.165, 1.54) is 7.11 Å². The third kappa shape index (κ3) is 3.12. The van der Waals surface area contributed by atoms with Crippen LogP contribution in [0.5, 0.6) is 5.75 Å². The second-order valence-electron chi connectivity index (χ2n) is 2.99. The average molecular weight is 210 g/mol. The Labute approximate surface area is 88.6 Å². The van der Waals surface area contributed by atoms with E-state index >= 15 is 0 Å². The second-order valence-corrected chi connectivity index (χ2v) is 2.99. The van der Waals surface area contributed by atoms with Gasteiger partial charge in [0.05, 0.1) is 20.4 Å². The predicted molar refractivity (Wildman–Crippen MR) is 56.1 cm³/mol. The fourth-order valence-corrected chi connectivity index (χ4v) is 1.06. The standard InChI is InChI=1S/C10H14N2O3/c1-12(7-10(13)15-3)9-5-4-8(14-2)6-11-9/h4-6H,7H2,1-3H3. The van der Waals surface area contributed by atoms with E-state index in [9.17, 15) is 4.79 Å². The molecule has 1 rings (SSSR count). The van der Waals surface area contributed by atoms with Crippen LogP contribution >= 0.6 is 0 Å². The number of esters is 1. The zero-order chi connectivity index (χ0) is 11.3. The average Bonchev–Trinajstić information content (AvgIpc) is 2.29. The molecule has 0 saturated carbocycles. The predicted octanol–water partition coefficient (Wildman–Crippen LogP) is 0.699. The summed E-state index contributed by atoms with van der Waals surface area (Å²) in [5, 5.41) is 0. The number of likely N-dealkylation sites (N-methyl/N-ethyl adjacent to an activating group) is 1. The molecule has 0 atom stereocenters. The minimum absolute atomic E-state index is 0.176. The lowest BCUT2D eigenvalue weighted by Crippen LogP contribution is -2.26. The van der Waals surface area contributed by atoms with Gasteiger partial charge >= 0.3 is 5.97 Å². The molecule has 5 heteroatoms. The van der Waals surface area contributed by atoms with E-state index in [4.69, 9.17) is 4.74 Å². The van der Waals surface area contributed by atoms with Gasteiger partial charge in [0.15, 0.2) is 0 Å². The maximum absolute atomic E-state index is 11.0. The molecular weight excluding hydrogens is 196 g/mol. The Morgan fingerprint density at radius 1 is 1.47 bits per heavy atom. The van der Waals surface area contributed by atoms with E-state index in [-0.39, 0.29) is 12.5 Å². The van der Waals surface area contributed by atoms with E-state index in [1.807, 2.05) is 0 Å². The highest BCUT2D eigenvalue weighted by atomic mass is 16.5. The third-order valence-electron chi connectivity index (χ3n) is 1.94. The van der Waals surface area contributed by atoms with Gasteiger partial charge in [-0.2, -0.15) is 0 Å². The molecule has 0 aliphatic carbocycles. The zero-order valence-electron chi connectivity index (χ0n) is 9.06. The van der Waals surface area contributed by atoms with Crippen molar-refractivity contribution in [3.05, 3.63) is 18.3 Å². The van der Waals surface area contributed by atoms with Gasteiger partial charge in [-0.25, -0.2) is 4.98 Å². The first-order chi connectivity index (χ1) is 7.17. The van der Waals surface area contributed by atoms with Gasteiger partial charge in [-0.3, -0.25) is 4.79 Å². The van der Waals surface area contributed by atoms with Crippen molar-refractivity contribution in [2.45, 2.75) is 0 Å². The van der Waals surface area contributed by atoms with Crippen LogP contribution < -0.4 is 9.64 Å². The summed E-state index contributed by atoms with van der Waals surface area (Å²) in [6.07, 6.45) is 1.60. The van der Waals surface area contributed by atoms with Gasteiger partial charge in [-0.1, -0.05) is 0 Å². The Hall–Kier alpha value is -1.78. The van der Waals surface area contributed by atoms with Crippen LogP contribution in [-0.2, 0) is 9.53 Å². The van der Waals surface area contributed by atoms with Crippen LogP contribution in [0.25, 0.3) is 0 Å². The fourth-order valence-electron chi connectivity index (χ4n) is 1.06. The Morgan fingerprint density at radius 2 is 2.20 bits per heavy atom. The summed E-state index contributed by atoms with van der Waals surface area (Å²) >= 11 is 0. The van der Waals surface area contributed by atoms with Crippen molar-refractivity contribution in [2.75, 3.05) is 32.7 Å². The highest BCUT2D eigenvalue weighted by molar-refractivity contribution is 5.74. The monoisotopic (exact) mass is 210 g/mol.